The first-order valence-electron chi connectivity index (χ1n) is 6.82. The lowest BCUT2D eigenvalue weighted by molar-refractivity contribution is 0.222. The monoisotopic (exact) mass is 281 g/mol. The maximum atomic E-state index is 5.94. The van der Waals surface area contributed by atoms with Gasteiger partial charge in [0.2, 0.25) is 0 Å². The van der Waals surface area contributed by atoms with Crippen LogP contribution >= 0.6 is 0 Å². The van der Waals surface area contributed by atoms with E-state index in [1.54, 1.807) is 6.92 Å². The van der Waals surface area contributed by atoms with Crippen molar-refractivity contribution in [3.8, 4) is 29.6 Å². The predicted molar refractivity (Wildman–Crippen MR) is 84.5 cm³/mol. The zero-order valence-electron chi connectivity index (χ0n) is 12.3. The molecule has 0 saturated heterocycles. The first kappa shape index (κ1) is 15.0. The molecule has 0 aromatic heterocycles. The van der Waals surface area contributed by atoms with Gasteiger partial charge in [-0.2, -0.15) is 0 Å². The van der Waals surface area contributed by atoms with Gasteiger partial charge in [-0.05, 0) is 43.2 Å². The molecule has 3 nitrogen and oxygen atoms in total. The SMILES string of the molecule is C#CCc1ccc(Oc2ccccc2OC(C)N)c(C)c1. The summed E-state index contributed by atoms with van der Waals surface area (Å²) >= 11 is 0. The molecule has 0 aliphatic heterocycles. The summed E-state index contributed by atoms with van der Waals surface area (Å²) in [6.07, 6.45) is 5.55. The Balaban J connectivity index is 2.24. The molecule has 1 unspecified atom stereocenters. The van der Waals surface area contributed by atoms with Crippen LogP contribution in [0.3, 0.4) is 0 Å². The summed E-state index contributed by atoms with van der Waals surface area (Å²) in [4.78, 5) is 0. The number of hydrogen-bond donors (Lipinski definition) is 1. The molecule has 1 atom stereocenters. The summed E-state index contributed by atoms with van der Waals surface area (Å²) in [7, 11) is 0. The topological polar surface area (TPSA) is 44.5 Å². The summed E-state index contributed by atoms with van der Waals surface area (Å²) in [6.45, 7) is 3.76. The van der Waals surface area contributed by atoms with E-state index in [9.17, 15) is 0 Å². The largest absolute Gasteiger partial charge is 0.472 e. The van der Waals surface area contributed by atoms with Crippen LogP contribution in [0.2, 0.25) is 0 Å². The molecule has 2 rings (SSSR count). The van der Waals surface area contributed by atoms with Gasteiger partial charge < -0.3 is 9.47 Å². The van der Waals surface area contributed by atoms with Crippen LogP contribution in [-0.2, 0) is 6.42 Å². The lowest BCUT2D eigenvalue weighted by atomic mass is 10.1. The van der Waals surface area contributed by atoms with Gasteiger partial charge in [0.25, 0.3) is 0 Å². The quantitative estimate of drug-likeness (QED) is 0.672. The number of ether oxygens (including phenoxy) is 2. The van der Waals surface area contributed by atoms with E-state index in [0.717, 1.165) is 16.9 Å². The Labute approximate surface area is 125 Å². The van der Waals surface area contributed by atoms with Gasteiger partial charge in [0.1, 0.15) is 12.0 Å². The summed E-state index contributed by atoms with van der Waals surface area (Å²) in [5, 5.41) is 0. The number of hydrogen-bond acceptors (Lipinski definition) is 3. The number of para-hydroxylation sites is 2. The van der Waals surface area contributed by atoms with Gasteiger partial charge in [-0.15, -0.1) is 12.3 Å². The molecule has 0 heterocycles. The van der Waals surface area contributed by atoms with Crippen LogP contribution in [-0.4, -0.2) is 6.23 Å². The van der Waals surface area contributed by atoms with Gasteiger partial charge in [-0.1, -0.05) is 24.3 Å². The van der Waals surface area contributed by atoms with Gasteiger partial charge in [-0.3, -0.25) is 5.73 Å². The van der Waals surface area contributed by atoms with Crippen LogP contribution in [0.5, 0.6) is 17.2 Å². The number of terminal acetylenes is 1. The minimum absolute atomic E-state index is 0.395. The first-order valence-corrected chi connectivity index (χ1v) is 6.82. The standard InChI is InChI=1S/C18H19NO2/c1-4-7-15-10-11-16(13(2)12-15)21-18-9-6-5-8-17(18)20-14(3)19/h1,5-6,8-12,14H,7,19H2,2-3H3. The van der Waals surface area contributed by atoms with E-state index >= 15 is 0 Å². The van der Waals surface area contributed by atoms with Crippen molar-refractivity contribution < 1.29 is 9.47 Å². The summed E-state index contributed by atoms with van der Waals surface area (Å²) in [5.74, 6) is 4.68. The number of benzene rings is 2. The molecule has 0 fully saturated rings. The number of aryl methyl sites for hydroxylation is 1. The van der Waals surface area contributed by atoms with Crippen LogP contribution in [0.1, 0.15) is 18.1 Å². The second-order valence-corrected chi connectivity index (χ2v) is 4.85. The third kappa shape index (κ3) is 4.01. The summed E-state index contributed by atoms with van der Waals surface area (Å²) < 4.78 is 11.5. The fourth-order valence-corrected chi connectivity index (χ4v) is 2.00. The second kappa shape index (κ2) is 6.83. The van der Waals surface area contributed by atoms with Crippen molar-refractivity contribution in [2.75, 3.05) is 0 Å². The number of nitrogens with two attached hydrogens (primary N) is 1. The molecule has 2 N–H and O–H groups in total. The van der Waals surface area contributed by atoms with E-state index in [0.29, 0.717) is 17.9 Å². The Kier molecular flexibility index (Phi) is 4.86. The third-order valence-electron chi connectivity index (χ3n) is 2.93. The fourth-order valence-electron chi connectivity index (χ4n) is 2.00. The maximum Gasteiger partial charge on any atom is 0.169 e. The minimum atomic E-state index is -0.395. The van der Waals surface area contributed by atoms with Gasteiger partial charge in [0.05, 0.1) is 0 Å². The molecule has 0 aliphatic carbocycles. The Bertz CT molecular complexity index is 657. The molecule has 3 heteroatoms. The van der Waals surface area contributed by atoms with E-state index in [1.807, 2.05) is 49.4 Å². The predicted octanol–water partition coefficient (Wildman–Crippen LogP) is 3.65. The first-order chi connectivity index (χ1) is 10.1. The van der Waals surface area contributed by atoms with E-state index in [1.165, 1.54) is 0 Å². The van der Waals surface area contributed by atoms with Gasteiger partial charge >= 0.3 is 0 Å². The summed E-state index contributed by atoms with van der Waals surface area (Å²) in [5.41, 5.74) is 7.80. The van der Waals surface area contributed by atoms with E-state index in [-0.39, 0.29) is 0 Å². The Morgan fingerprint density at radius 3 is 2.48 bits per heavy atom. The molecule has 0 bridgehead atoms. The van der Waals surface area contributed by atoms with Gasteiger partial charge in [-0.25, -0.2) is 0 Å². The normalized spacial score (nSPS) is 11.5. The molecule has 0 aliphatic rings. The summed E-state index contributed by atoms with van der Waals surface area (Å²) in [6, 6.07) is 13.4. The van der Waals surface area contributed by atoms with E-state index in [4.69, 9.17) is 21.6 Å². The molecule has 21 heavy (non-hydrogen) atoms. The lowest BCUT2D eigenvalue weighted by Gasteiger charge is -2.15. The number of rotatable bonds is 5. The molecule has 0 saturated carbocycles. The van der Waals surface area contributed by atoms with Crippen LogP contribution in [0, 0.1) is 19.3 Å². The molecule has 0 spiro atoms. The van der Waals surface area contributed by atoms with Crippen molar-refractivity contribution in [2.45, 2.75) is 26.5 Å². The van der Waals surface area contributed by atoms with Crippen molar-refractivity contribution in [3.63, 3.8) is 0 Å². The van der Waals surface area contributed by atoms with Crippen molar-refractivity contribution in [1.29, 1.82) is 0 Å². The van der Waals surface area contributed by atoms with Crippen LogP contribution < -0.4 is 15.2 Å². The molecule has 108 valence electrons. The second-order valence-electron chi connectivity index (χ2n) is 4.85. The molecular weight excluding hydrogens is 262 g/mol. The molecular formula is C18H19NO2. The van der Waals surface area contributed by atoms with Crippen LogP contribution in [0.4, 0.5) is 0 Å². The van der Waals surface area contributed by atoms with Crippen molar-refractivity contribution in [3.05, 3.63) is 53.6 Å². The maximum absolute atomic E-state index is 5.94. The highest BCUT2D eigenvalue weighted by Gasteiger charge is 2.09. The molecule has 0 radical (unpaired) electrons. The minimum Gasteiger partial charge on any atom is -0.472 e. The Morgan fingerprint density at radius 1 is 1.14 bits per heavy atom. The van der Waals surface area contributed by atoms with Gasteiger partial charge in [0.15, 0.2) is 11.5 Å². The Hall–Kier alpha value is -2.44. The molecule has 2 aromatic carbocycles. The van der Waals surface area contributed by atoms with E-state index in [2.05, 4.69) is 5.92 Å². The third-order valence-corrected chi connectivity index (χ3v) is 2.93. The zero-order valence-corrected chi connectivity index (χ0v) is 12.3. The highest BCUT2D eigenvalue weighted by atomic mass is 16.5. The van der Waals surface area contributed by atoms with Crippen LogP contribution in [0.15, 0.2) is 42.5 Å². The van der Waals surface area contributed by atoms with Crippen molar-refractivity contribution in [1.82, 2.24) is 0 Å². The van der Waals surface area contributed by atoms with Crippen molar-refractivity contribution in [2.24, 2.45) is 5.73 Å². The Morgan fingerprint density at radius 2 is 1.86 bits per heavy atom. The van der Waals surface area contributed by atoms with Crippen molar-refractivity contribution >= 4 is 0 Å². The molecule has 0 amide bonds. The lowest BCUT2D eigenvalue weighted by Crippen LogP contribution is -2.22. The van der Waals surface area contributed by atoms with Crippen LogP contribution in [0.25, 0.3) is 0 Å². The average molecular weight is 281 g/mol. The zero-order chi connectivity index (χ0) is 15.2. The highest BCUT2D eigenvalue weighted by Crippen LogP contribution is 2.33. The average Bonchev–Trinajstić information content (AvgIpc) is 2.43. The van der Waals surface area contributed by atoms with Gasteiger partial charge in [0, 0.05) is 6.42 Å². The van der Waals surface area contributed by atoms with E-state index < -0.39 is 6.23 Å². The highest BCUT2D eigenvalue weighted by molar-refractivity contribution is 5.45. The smallest absolute Gasteiger partial charge is 0.169 e. The fraction of sp³-hybridized carbons (Fsp3) is 0.222. The molecule has 2 aromatic rings.